The fourth-order valence-corrected chi connectivity index (χ4v) is 0.743. The Kier molecular flexibility index (Phi) is 1.95. The van der Waals surface area contributed by atoms with E-state index in [1.165, 1.54) is 12.1 Å². The molecule has 1 aromatic carbocycles. The summed E-state index contributed by atoms with van der Waals surface area (Å²) in [5, 5.41) is 24.7. The van der Waals surface area contributed by atoms with Gasteiger partial charge >= 0.3 is 0 Å². The zero-order chi connectivity index (χ0) is 8.27. The normalized spacial score (nSPS) is 8.73. The summed E-state index contributed by atoms with van der Waals surface area (Å²) in [6, 6.07) is 4.53. The van der Waals surface area contributed by atoms with Crippen LogP contribution in [-0.2, 0) is 0 Å². The first kappa shape index (κ1) is 7.38. The summed E-state index contributed by atoms with van der Waals surface area (Å²) in [6.45, 7) is 0. The standard InChI is InChI=1S/C8H7NO2/c9-5-4-6-2-1-3-7(10)8(6)11/h1-4,9-11H. The van der Waals surface area contributed by atoms with Gasteiger partial charge in [0.05, 0.1) is 0 Å². The van der Waals surface area contributed by atoms with E-state index in [9.17, 15) is 0 Å². The van der Waals surface area contributed by atoms with Crippen molar-refractivity contribution in [2.45, 2.75) is 0 Å². The third-order valence-electron chi connectivity index (χ3n) is 1.27. The molecule has 0 aliphatic carbocycles. The third kappa shape index (κ3) is 1.39. The summed E-state index contributed by atoms with van der Waals surface area (Å²) in [6.07, 6.45) is 1.27. The number of hydrogen-bond donors (Lipinski definition) is 3. The van der Waals surface area contributed by atoms with E-state index in [0.29, 0.717) is 5.56 Å². The van der Waals surface area contributed by atoms with E-state index >= 15 is 0 Å². The Balaban J connectivity index is 3.26. The predicted octanol–water partition coefficient (Wildman–Crippen LogP) is 1.36. The highest BCUT2D eigenvalue weighted by molar-refractivity contribution is 5.79. The molecule has 0 fully saturated rings. The molecule has 0 aliphatic rings. The van der Waals surface area contributed by atoms with Gasteiger partial charge in [-0.05, 0) is 11.9 Å². The number of nitrogens with one attached hydrogen (secondary N) is 1. The first-order valence-corrected chi connectivity index (χ1v) is 3.02. The average molecular weight is 149 g/mol. The van der Waals surface area contributed by atoms with Gasteiger partial charge < -0.3 is 10.2 Å². The van der Waals surface area contributed by atoms with E-state index < -0.39 is 0 Å². The molecule has 3 nitrogen and oxygen atoms in total. The van der Waals surface area contributed by atoms with Crippen molar-refractivity contribution in [3.05, 3.63) is 23.8 Å². The van der Waals surface area contributed by atoms with Crippen molar-refractivity contribution in [1.82, 2.24) is 0 Å². The van der Waals surface area contributed by atoms with Gasteiger partial charge in [-0.15, -0.1) is 0 Å². The smallest absolute Gasteiger partial charge is 0.165 e. The van der Waals surface area contributed by atoms with Gasteiger partial charge in [-0.25, -0.2) is 0 Å². The molecule has 3 N–H and O–H groups in total. The fourth-order valence-electron chi connectivity index (χ4n) is 0.743. The van der Waals surface area contributed by atoms with Gasteiger partial charge in [-0.1, -0.05) is 12.1 Å². The van der Waals surface area contributed by atoms with E-state index in [1.54, 1.807) is 12.1 Å². The average Bonchev–Trinajstić information content (AvgIpc) is 1.99. The maximum atomic E-state index is 9.12. The van der Waals surface area contributed by atoms with Crippen LogP contribution >= 0.6 is 0 Å². The fraction of sp³-hybridized carbons (Fsp3) is 0. The molecule has 0 saturated heterocycles. The van der Waals surface area contributed by atoms with Crippen molar-refractivity contribution in [2.24, 2.45) is 0 Å². The highest BCUT2D eigenvalue weighted by Gasteiger charge is 2.00. The Morgan fingerprint density at radius 1 is 1.36 bits per heavy atom. The number of benzene rings is 1. The number of aromatic hydroxyl groups is 2. The molecule has 0 saturated carbocycles. The van der Waals surface area contributed by atoms with Crippen LogP contribution < -0.4 is 0 Å². The minimum Gasteiger partial charge on any atom is -0.504 e. The number of phenolic OH excluding ortho intramolecular Hbond substituents is 2. The van der Waals surface area contributed by atoms with Gasteiger partial charge in [0.25, 0.3) is 0 Å². The van der Waals surface area contributed by atoms with E-state index in [4.69, 9.17) is 15.6 Å². The van der Waals surface area contributed by atoms with Crippen molar-refractivity contribution in [1.29, 1.82) is 5.41 Å². The maximum absolute atomic E-state index is 9.12. The SMILES string of the molecule is N=C=Cc1cccc(O)c1O. The van der Waals surface area contributed by atoms with Crippen LogP contribution in [0.1, 0.15) is 5.56 Å². The lowest BCUT2D eigenvalue weighted by Crippen LogP contribution is -1.74. The highest BCUT2D eigenvalue weighted by atomic mass is 16.3. The second-order valence-corrected chi connectivity index (χ2v) is 2.00. The van der Waals surface area contributed by atoms with Gasteiger partial charge in [0.2, 0.25) is 0 Å². The quantitative estimate of drug-likeness (QED) is 0.417. The first-order valence-electron chi connectivity index (χ1n) is 3.02. The lowest BCUT2D eigenvalue weighted by Gasteiger charge is -1.98. The van der Waals surface area contributed by atoms with Crippen LogP contribution in [0, 0.1) is 5.41 Å². The Hall–Kier alpha value is -1.73. The highest BCUT2D eigenvalue weighted by Crippen LogP contribution is 2.28. The maximum Gasteiger partial charge on any atom is 0.165 e. The first-order chi connectivity index (χ1) is 5.25. The van der Waals surface area contributed by atoms with E-state index in [2.05, 4.69) is 0 Å². The van der Waals surface area contributed by atoms with Crippen molar-refractivity contribution < 1.29 is 10.2 Å². The molecule has 11 heavy (non-hydrogen) atoms. The molecule has 0 spiro atoms. The topological polar surface area (TPSA) is 64.3 Å². The van der Waals surface area contributed by atoms with Gasteiger partial charge in [-0.3, -0.25) is 5.41 Å². The Morgan fingerprint density at radius 2 is 2.09 bits per heavy atom. The van der Waals surface area contributed by atoms with Crippen LogP contribution in [0.4, 0.5) is 0 Å². The van der Waals surface area contributed by atoms with Crippen LogP contribution in [0.25, 0.3) is 6.08 Å². The van der Waals surface area contributed by atoms with Crippen molar-refractivity contribution in [3.63, 3.8) is 0 Å². The van der Waals surface area contributed by atoms with Gasteiger partial charge in [0, 0.05) is 11.6 Å². The minimum absolute atomic E-state index is 0.186. The molecule has 0 heterocycles. The molecule has 0 atom stereocenters. The van der Waals surface area contributed by atoms with Gasteiger partial charge in [0.15, 0.2) is 11.5 Å². The molecular formula is C8H7NO2. The zero-order valence-corrected chi connectivity index (χ0v) is 5.70. The lowest BCUT2D eigenvalue weighted by molar-refractivity contribution is 0.403. The Labute approximate surface area is 63.7 Å². The third-order valence-corrected chi connectivity index (χ3v) is 1.27. The monoisotopic (exact) mass is 149 g/mol. The van der Waals surface area contributed by atoms with Crippen LogP contribution in [0.15, 0.2) is 18.2 Å². The van der Waals surface area contributed by atoms with Gasteiger partial charge in [-0.2, -0.15) is 0 Å². The zero-order valence-electron chi connectivity index (χ0n) is 5.70. The van der Waals surface area contributed by atoms with E-state index in [-0.39, 0.29) is 11.5 Å². The summed E-state index contributed by atoms with van der Waals surface area (Å²) in [5.41, 5.74) is 0.389. The molecule has 0 aromatic heterocycles. The van der Waals surface area contributed by atoms with E-state index in [0.717, 1.165) is 0 Å². The van der Waals surface area contributed by atoms with Crippen molar-refractivity contribution in [2.75, 3.05) is 0 Å². The predicted molar refractivity (Wildman–Crippen MR) is 42.0 cm³/mol. The largest absolute Gasteiger partial charge is 0.504 e. The molecule has 1 aromatic rings. The Bertz CT molecular complexity index is 314. The molecule has 0 amide bonds. The minimum atomic E-state index is -0.216. The van der Waals surface area contributed by atoms with E-state index in [1.807, 2.05) is 5.87 Å². The second kappa shape index (κ2) is 2.90. The molecule has 0 unspecified atom stereocenters. The summed E-state index contributed by atoms with van der Waals surface area (Å²) >= 11 is 0. The number of rotatable bonds is 1. The van der Waals surface area contributed by atoms with Crippen LogP contribution in [0.5, 0.6) is 11.5 Å². The summed E-state index contributed by atoms with van der Waals surface area (Å²) < 4.78 is 0. The van der Waals surface area contributed by atoms with Crippen LogP contribution in [0.2, 0.25) is 0 Å². The lowest BCUT2D eigenvalue weighted by atomic mass is 10.2. The van der Waals surface area contributed by atoms with Gasteiger partial charge in [0.1, 0.15) is 0 Å². The second-order valence-electron chi connectivity index (χ2n) is 2.00. The molecular weight excluding hydrogens is 142 g/mol. The number of hydrogen-bond acceptors (Lipinski definition) is 3. The molecule has 1 rings (SSSR count). The summed E-state index contributed by atoms with van der Waals surface area (Å²) in [4.78, 5) is 0. The Morgan fingerprint density at radius 3 is 2.73 bits per heavy atom. The van der Waals surface area contributed by atoms with Crippen molar-refractivity contribution >= 4 is 11.9 Å². The molecule has 0 radical (unpaired) electrons. The molecule has 3 heteroatoms. The number of para-hydroxylation sites is 1. The summed E-state index contributed by atoms with van der Waals surface area (Å²) in [7, 11) is 0. The number of phenols is 2. The molecule has 0 aliphatic heterocycles. The summed E-state index contributed by atoms with van der Waals surface area (Å²) in [5.74, 6) is 1.60. The molecule has 56 valence electrons. The van der Waals surface area contributed by atoms with Crippen LogP contribution in [-0.4, -0.2) is 16.1 Å². The van der Waals surface area contributed by atoms with Crippen LogP contribution in [0.3, 0.4) is 0 Å². The van der Waals surface area contributed by atoms with Crippen molar-refractivity contribution in [3.8, 4) is 11.5 Å². The molecule has 0 bridgehead atoms.